The number of amides is 1. The lowest BCUT2D eigenvalue weighted by Crippen LogP contribution is -2.37. The van der Waals surface area contributed by atoms with Crippen LogP contribution >= 0.6 is 0 Å². The van der Waals surface area contributed by atoms with E-state index in [-0.39, 0.29) is 5.91 Å². The molecule has 6 aromatic rings. The van der Waals surface area contributed by atoms with Crippen LogP contribution in [-0.4, -0.2) is 54.6 Å². The molecule has 204 valence electrons. The minimum absolute atomic E-state index is 0.236. The molecule has 4 N–H and O–H groups in total. The first kappa shape index (κ1) is 25.7. The Balaban J connectivity index is 1.29. The number of aromatic amines is 2. The van der Waals surface area contributed by atoms with Crippen molar-refractivity contribution in [3.05, 3.63) is 108 Å². The number of nitrogens with zero attached hydrogens (tertiary/aromatic N) is 6. The number of carbonyl (C=O) groups excluding carboxylic acids is 1. The van der Waals surface area contributed by atoms with Crippen LogP contribution in [0.2, 0.25) is 0 Å². The zero-order valence-corrected chi connectivity index (χ0v) is 22.5. The molecule has 0 aliphatic carbocycles. The normalized spacial score (nSPS) is 11.8. The third-order valence-electron chi connectivity index (χ3n) is 6.74. The van der Waals surface area contributed by atoms with Crippen molar-refractivity contribution in [2.24, 2.45) is 0 Å². The fourth-order valence-electron chi connectivity index (χ4n) is 4.62. The van der Waals surface area contributed by atoms with Gasteiger partial charge in [-0.2, -0.15) is 5.10 Å². The van der Waals surface area contributed by atoms with E-state index in [2.05, 4.69) is 62.8 Å². The number of hydrogen-bond donors (Lipinski definition) is 4. The number of fused-ring (bicyclic) bond motifs is 1. The molecular formula is C30H28N10O. The van der Waals surface area contributed by atoms with E-state index >= 15 is 0 Å². The first-order valence-electron chi connectivity index (χ1n) is 13.1. The number of pyridine rings is 1. The summed E-state index contributed by atoms with van der Waals surface area (Å²) < 4.78 is 0. The van der Waals surface area contributed by atoms with Crippen LogP contribution in [0.3, 0.4) is 0 Å². The molecule has 0 saturated heterocycles. The van der Waals surface area contributed by atoms with Gasteiger partial charge in [0.05, 0.1) is 17.9 Å². The standard InChI is InChI=1S/C30H28N10O/c1-19-6-9-22(10-7-19)40(27-5-3-4-13-32-27)17-26(28-34-18-35-39-28)37-29(41)20-8-11-23-21(15-20)16-25(36-23)24-12-14-33-30(31-2)38-24/h3-16,18,26,36H,17H2,1-2H3,(H,37,41)(H,31,33,38)(H,34,35,39). The quantitative estimate of drug-likeness (QED) is 0.204. The SMILES string of the molecule is CNc1nccc(-c2cc3cc(C(=O)NC(CN(c4ccc(C)cc4)c4ccccn4)c4ncn[nH]4)ccc3[nH]2)n1. The van der Waals surface area contributed by atoms with Crippen LogP contribution in [0.4, 0.5) is 17.5 Å². The topological polar surface area (TPSA) is 140 Å². The van der Waals surface area contributed by atoms with Crippen molar-refractivity contribution in [1.82, 2.24) is 40.4 Å². The van der Waals surface area contributed by atoms with Gasteiger partial charge in [0.2, 0.25) is 5.95 Å². The highest BCUT2D eigenvalue weighted by Crippen LogP contribution is 2.28. The van der Waals surface area contributed by atoms with Crippen molar-refractivity contribution >= 4 is 34.3 Å². The van der Waals surface area contributed by atoms with E-state index in [1.54, 1.807) is 25.5 Å². The predicted octanol–water partition coefficient (Wildman–Crippen LogP) is 4.80. The number of hydrogen-bond acceptors (Lipinski definition) is 8. The minimum atomic E-state index is -0.508. The molecular weight excluding hydrogens is 516 g/mol. The van der Waals surface area contributed by atoms with Gasteiger partial charge in [-0.25, -0.2) is 19.9 Å². The van der Waals surface area contributed by atoms with Crippen LogP contribution in [0, 0.1) is 6.92 Å². The van der Waals surface area contributed by atoms with E-state index in [0.717, 1.165) is 39.4 Å². The molecule has 0 aliphatic heterocycles. The van der Waals surface area contributed by atoms with Crippen molar-refractivity contribution in [2.45, 2.75) is 13.0 Å². The molecule has 0 spiro atoms. The second-order valence-electron chi connectivity index (χ2n) is 9.53. The van der Waals surface area contributed by atoms with Crippen LogP contribution in [-0.2, 0) is 0 Å². The number of aryl methyl sites for hydroxylation is 1. The first-order valence-corrected chi connectivity index (χ1v) is 13.1. The van der Waals surface area contributed by atoms with Gasteiger partial charge in [-0.15, -0.1) is 0 Å². The van der Waals surface area contributed by atoms with Crippen LogP contribution in [0.5, 0.6) is 0 Å². The lowest BCUT2D eigenvalue weighted by atomic mass is 10.1. The van der Waals surface area contributed by atoms with Crippen molar-refractivity contribution in [3.63, 3.8) is 0 Å². The Bertz CT molecular complexity index is 1770. The summed E-state index contributed by atoms with van der Waals surface area (Å²) in [4.78, 5) is 36.7. The van der Waals surface area contributed by atoms with Gasteiger partial charge in [-0.3, -0.25) is 9.89 Å². The number of aromatic nitrogens is 7. The highest BCUT2D eigenvalue weighted by molar-refractivity contribution is 5.99. The zero-order chi connectivity index (χ0) is 28.2. The maximum atomic E-state index is 13.6. The molecule has 1 amide bonds. The third-order valence-corrected chi connectivity index (χ3v) is 6.74. The number of H-pyrrole nitrogens is 2. The molecule has 1 atom stereocenters. The van der Waals surface area contributed by atoms with E-state index in [9.17, 15) is 4.79 Å². The van der Waals surface area contributed by atoms with Gasteiger partial charge < -0.3 is 20.5 Å². The maximum Gasteiger partial charge on any atom is 0.251 e. The van der Waals surface area contributed by atoms with Gasteiger partial charge in [-0.05, 0) is 61.5 Å². The monoisotopic (exact) mass is 544 g/mol. The van der Waals surface area contributed by atoms with Crippen molar-refractivity contribution in [2.75, 3.05) is 23.8 Å². The summed E-state index contributed by atoms with van der Waals surface area (Å²) >= 11 is 0. The van der Waals surface area contributed by atoms with Crippen LogP contribution in [0.1, 0.15) is 27.8 Å². The Morgan fingerprint density at radius 2 is 1.85 bits per heavy atom. The largest absolute Gasteiger partial charge is 0.357 e. The highest BCUT2D eigenvalue weighted by atomic mass is 16.1. The summed E-state index contributed by atoms with van der Waals surface area (Å²) in [6.07, 6.45) is 4.89. The lowest BCUT2D eigenvalue weighted by Gasteiger charge is -2.28. The van der Waals surface area contributed by atoms with Gasteiger partial charge in [0, 0.05) is 41.6 Å². The molecule has 4 heterocycles. The Kier molecular flexibility index (Phi) is 7.06. The third kappa shape index (κ3) is 5.59. The Labute approximate surface area is 236 Å². The maximum absolute atomic E-state index is 13.6. The predicted molar refractivity (Wildman–Crippen MR) is 158 cm³/mol. The summed E-state index contributed by atoms with van der Waals surface area (Å²) in [6, 6.07) is 22.8. The molecule has 11 heteroatoms. The summed E-state index contributed by atoms with van der Waals surface area (Å²) in [7, 11) is 1.78. The Hall–Kier alpha value is -5.58. The molecule has 6 rings (SSSR count). The molecule has 41 heavy (non-hydrogen) atoms. The van der Waals surface area contributed by atoms with E-state index in [0.29, 0.717) is 23.9 Å². The van der Waals surface area contributed by atoms with Crippen molar-refractivity contribution < 1.29 is 4.79 Å². The number of anilines is 3. The molecule has 2 aromatic carbocycles. The average molecular weight is 545 g/mol. The van der Waals surface area contributed by atoms with Gasteiger partial charge in [0.1, 0.15) is 24.0 Å². The molecule has 0 saturated carbocycles. The van der Waals surface area contributed by atoms with Crippen LogP contribution in [0.25, 0.3) is 22.3 Å². The Morgan fingerprint density at radius 1 is 0.976 bits per heavy atom. The summed E-state index contributed by atoms with van der Waals surface area (Å²) in [6.45, 7) is 2.42. The lowest BCUT2D eigenvalue weighted by molar-refractivity contribution is 0.0936. The Morgan fingerprint density at radius 3 is 2.61 bits per heavy atom. The van der Waals surface area contributed by atoms with Gasteiger partial charge in [0.15, 0.2) is 0 Å². The molecule has 4 aromatic heterocycles. The summed E-state index contributed by atoms with van der Waals surface area (Å²) in [5.74, 6) is 1.59. The molecule has 11 nitrogen and oxygen atoms in total. The zero-order valence-electron chi connectivity index (χ0n) is 22.5. The molecule has 0 aliphatic rings. The second-order valence-corrected chi connectivity index (χ2v) is 9.53. The van der Waals surface area contributed by atoms with Gasteiger partial charge in [-0.1, -0.05) is 23.8 Å². The average Bonchev–Trinajstić information content (AvgIpc) is 3.71. The molecule has 0 bridgehead atoms. The number of benzene rings is 2. The fourth-order valence-corrected chi connectivity index (χ4v) is 4.62. The van der Waals surface area contributed by atoms with Gasteiger partial charge in [0.25, 0.3) is 5.91 Å². The minimum Gasteiger partial charge on any atom is -0.357 e. The fraction of sp³-hybridized carbons (Fsp3) is 0.133. The van der Waals surface area contributed by atoms with Crippen LogP contribution in [0.15, 0.2) is 91.5 Å². The van der Waals surface area contributed by atoms with E-state index in [4.69, 9.17) is 0 Å². The number of rotatable bonds is 9. The molecule has 0 radical (unpaired) electrons. The van der Waals surface area contributed by atoms with E-state index in [1.165, 1.54) is 6.33 Å². The smallest absolute Gasteiger partial charge is 0.251 e. The van der Waals surface area contributed by atoms with Crippen molar-refractivity contribution in [3.8, 4) is 11.4 Å². The highest BCUT2D eigenvalue weighted by Gasteiger charge is 2.24. The molecule has 0 fully saturated rings. The van der Waals surface area contributed by atoms with Crippen LogP contribution < -0.4 is 15.5 Å². The summed E-state index contributed by atoms with van der Waals surface area (Å²) in [5.41, 5.74) is 5.10. The number of nitrogens with one attached hydrogen (secondary N) is 4. The first-order chi connectivity index (χ1) is 20.1. The van der Waals surface area contributed by atoms with E-state index in [1.807, 2.05) is 61.5 Å². The van der Waals surface area contributed by atoms with Gasteiger partial charge >= 0.3 is 0 Å². The second kappa shape index (κ2) is 11.3. The van der Waals surface area contributed by atoms with Crippen molar-refractivity contribution in [1.29, 1.82) is 0 Å². The molecule has 1 unspecified atom stereocenters. The van der Waals surface area contributed by atoms with E-state index < -0.39 is 6.04 Å². The number of carbonyl (C=O) groups is 1. The summed E-state index contributed by atoms with van der Waals surface area (Å²) in [5, 5.41) is 14.0.